The van der Waals surface area contributed by atoms with E-state index in [-0.39, 0.29) is 0 Å². The first-order chi connectivity index (χ1) is 8.20. The minimum Gasteiger partial charge on any atom is -0.464 e. The molecular weight excluding hydrogens is 214 g/mol. The van der Waals surface area contributed by atoms with Crippen LogP contribution in [0.2, 0.25) is 0 Å². The van der Waals surface area contributed by atoms with E-state index in [1.54, 1.807) is 0 Å². The standard InChI is InChI=1S/C14H23NO2/c1-10-9-14(17-11(10)2)13(15-3)7-6-12-5-4-8-16-12/h9,12-13,15H,4-8H2,1-3H3. The Labute approximate surface area is 104 Å². The third kappa shape index (κ3) is 3.11. The minimum atomic E-state index is 0.312. The lowest BCUT2D eigenvalue weighted by atomic mass is 10.0. The summed E-state index contributed by atoms with van der Waals surface area (Å²) in [5.41, 5.74) is 1.23. The van der Waals surface area contributed by atoms with Crippen molar-refractivity contribution < 1.29 is 9.15 Å². The zero-order valence-electron chi connectivity index (χ0n) is 11.1. The summed E-state index contributed by atoms with van der Waals surface area (Å²) in [6, 6.07) is 2.46. The summed E-state index contributed by atoms with van der Waals surface area (Å²) in [5, 5.41) is 3.33. The van der Waals surface area contributed by atoms with Crippen molar-refractivity contribution in [2.24, 2.45) is 0 Å². The van der Waals surface area contributed by atoms with E-state index >= 15 is 0 Å². The molecule has 1 fully saturated rings. The lowest BCUT2D eigenvalue weighted by Crippen LogP contribution is -2.18. The van der Waals surface area contributed by atoms with Gasteiger partial charge in [0.05, 0.1) is 12.1 Å². The number of furan rings is 1. The maximum atomic E-state index is 5.78. The fourth-order valence-corrected chi connectivity index (χ4v) is 2.43. The van der Waals surface area contributed by atoms with Crippen LogP contribution in [0.3, 0.4) is 0 Å². The predicted octanol–water partition coefficient (Wildman–Crippen LogP) is 3.12. The average Bonchev–Trinajstić information content (AvgIpc) is 2.91. The highest BCUT2D eigenvalue weighted by Crippen LogP contribution is 2.26. The van der Waals surface area contributed by atoms with Crippen molar-refractivity contribution in [3.8, 4) is 0 Å². The highest BCUT2D eigenvalue weighted by molar-refractivity contribution is 5.20. The van der Waals surface area contributed by atoms with E-state index in [0.29, 0.717) is 12.1 Å². The first-order valence-corrected chi connectivity index (χ1v) is 6.56. The normalized spacial score (nSPS) is 21.9. The van der Waals surface area contributed by atoms with Crippen molar-refractivity contribution in [1.82, 2.24) is 5.32 Å². The van der Waals surface area contributed by atoms with Gasteiger partial charge in [0.25, 0.3) is 0 Å². The Morgan fingerprint density at radius 3 is 2.82 bits per heavy atom. The van der Waals surface area contributed by atoms with Crippen molar-refractivity contribution >= 4 is 0 Å². The smallest absolute Gasteiger partial charge is 0.121 e. The molecule has 1 aliphatic heterocycles. The van der Waals surface area contributed by atoms with Crippen LogP contribution in [0.5, 0.6) is 0 Å². The molecule has 2 atom stereocenters. The van der Waals surface area contributed by atoms with E-state index in [2.05, 4.69) is 18.3 Å². The van der Waals surface area contributed by atoms with Gasteiger partial charge in [0.15, 0.2) is 0 Å². The molecule has 3 nitrogen and oxygen atoms in total. The third-order valence-electron chi connectivity index (χ3n) is 3.68. The maximum Gasteiger partial charge on any atom is 0.121 e. The van der Waals surface area contributed by atoms with Gasteiger partial charge in [-0.05, 0) is 58.2 Å². The Kier molecular flexibility index (Phi) is 4.24. The molecule has 1 saturated heterocycles. The quantitative estimate of drug-likeness (QED) is 0.854. The largest absolute Gasteiger partial charge is 0.464 e. The Bertz CT molecular complexity index is 334. The molecule has 2 heterocycles. The molecule has 1 N–H and O–H groups in total. The minimum absolute atomic E-state index is 0.312. The Morgan fingerprint density at radius 1 is 1.47 bits per heavy atom. The molecule has 1 aliphatic rings. The van der Waals surface area contributed by atoms with Crippen LogP contribution in [0.25, 0.3) is 0 Å². The molecule has 0 saturated carbocycles. The Balaban J connectivity index is 1.91. The predicted molar refractivity (Wildman–Crippen MR) is 68.2 cm³/mol. The van der Waals surface area contributed by atoms with Gasteiger partial charge in [0.2, 0.25) is 0 Å². The molecule has 0 aliphatic carbocycles. The van der Waals surface area contributed by atoms with Crippen LogP contribution in [0.15, 0.2) is 10.5 Å². The van der Waals surface area contributed by atoms with Crippen molar-refractivity contribution in [3.63, 3.8) is 0 Å². The lowest BCUT2D eigenvalue weighted by molar-refractivity contribution is 0.0991. The molecule has 0 amide bonds. The second-order valence-corrected chi connectivity index (χ2v) is 4.94. The summed E-state index contributed by atoms with van der Waals surface area (Å²) in [7, 11) is 1.99. The zero-order chi connectivity index (χ0) is 12.3. The van der Waals surface area contributed by atoms with Gasteiger partial charge in [-0.2, -0.15) is 0 Å². The monoisotopic (exact) mass is 237 g/mol. The van der Waals surface area contributed by atoms with Crippen LogP contribution in [0, 0.1) is 13.8 Å². The van der Waals surface area contributed by atoms with Gasteiger partial charge in [-0.15, -0.1) is 0 Å². The molecule has 96 valence electrons. The summed E-state index contributed by atoms with van der Waals surface area (Å²) in [4.78, 5) is 0. The lowest BCUT2D eigenvalue weighted by Gasteiger charge is -2.16. The average molecular weight is 237 g/mol. The van der Waals surface area contributed by atoms with Crippen LogP contribution in [0.1, 0.15) is 48.8 Å². The molecular formula is C14H23NO2. The van der Waals surface area contributed by atoms with E-state index in [0.717, 1.165) is 31.0 Å². The fraction of sp³-hybridized carbons (Fsp3) is 0.714. The molecule has 1 aromatic heterocycles. The summed E-state index contributed by atoms with van der Waals surface area (Å²) < 4.78 is 11.4. The second kappa shape index (κ2) is 5.69. The summed E-state index contributed by atoms with van der Waals surface area (Å²) in [6.45, 7) is 5.05. The SMILES string of the molecule is CNC(CCC1CCCO1)c1cc(C)c(C)o1. The summed E-state index contributed by atoms with van der Waals surface area (Å²) in [6.07, 6.45) is 5.08. The summed E-state index contributed by atoms with van der Waals surface area (Å²) in [5.74, 6) is 2.08. The van der Waals surface area contributed by atoms with Gasteiger partial charge in [0.1, 0.15) is 11.5 Å². The number of aryl methyl sites for hydroxylation is 2. The Morgan fingerprint density at radius 2 is 2.29 bits per heavy atom. The van der Waals surface area contributed by atoms with E-state index in [9.17, 15) is 0 Å². The Hall–Kier alpha value is -0.800. The van der Waals surface area contributed by atoms with Gasteiger partial charge in [-0.1, -0.05) is 0 Å². The van der Waals surface area contributed by atoms with Crippen molar-refractivity contribution in [2.75, 3.05) is 13.7 Å². The number of hydrogen-bond donors (Lipinski definition) is 1. The number of hydrogen-bond acceptors (Lipinski definition) is 3. The van der Waals surface area contributed by atoms with Gasteiger partial charge in [-0.3, -0.25) is 0 Å². The molecule has 2 rings (SSSR count). The first kappa shape index (κ1) is 12.7. The van der Waals surface area contributed by atoms with Gasteiger partial charge < -0.3 is 14.5 Å². The molecule has 0 aromatic carbocycles. The van der Waals surface area contributed by atoms with E-state index < -0.39 is 0 Å². The third-order valence-corrected chi connectivity index (χ3v) is 3.68. The first-order valence-electron chi connectivity index (χ1n) is 6.56. The highest BCUT2D eigenvalue weighted by Gasteiger charge is 2.20. The number of nitrogens with one attached hydrogen (secondary N) is 1. The topological polar surface area (TPSA) is 34.4 Å². The highest BCUT2D eigenvalue weighted by atomic mass is 16.5. The summed E-state index contributed by atoms with van der Waals surface area (Å²) >= 11 is 0. The molecule has 3 heteroatoms. The maximum absolute atomic E-state index is 5.78. The van der Waals surface area contributed by atoms with Crippen molar-refractivity contribution in [2.45, 2.75) is 51.7 Å². The van der Waals surface area contributed by atoms with E-state index in [1.807, 2.05) is 14.0 Å². The fourth-order valence-electron chi connectivity index (χ4n) is 2.43. The van der Waals surface area contributed by atoms with Crippen molar-refractivity contribution in [3.05, 3.63) is 23.2 Å². The molecule has 2 unspecified atom stereocenters. The number of rotatable bonds is 5. The molecule has 0 radical (unpaired) electrons. The van der Waals surface area contributed by atoms with Crippen LogP contribution in [-0.4, -0.2) is 19.8 Å². The van der Waals surface area contributed by atoms with Gasteiger partial charge in [-0.25, -0.2) is 0 Å². The van der Waals surface area contributed by atoms with Gasteiger partial charge in [0, 0.05) is 6.61 Å². The van der Waals surface area contributed by atoms with E-state index in [1.165, 1.54) is 18.4 Å². The van der Waals surface area contributed by atoms with Crippen LogP contribution >= 0.6 is 0 Å². The van der Waals surface area contributed by atoms with Gasteiger partial charge >= 0.3 is 0 Å². The molecule has 0 bridgehead atoms. The zero-order valence-corrected chi connectivity index (χ0v) is 11.1. The van der Waals surface area contributed by atoms with Crippen molar-refractivity contribution in [1.29, 1.82) is 0 Å². The molecule has 1 aromatic rings. The van der Waals surface area contributed by atoms with Crippen LogP contribution in [0.4, 0.5) is 0 Å². The molecule has 0 spiro atoms. The second-order valence-electron chi connectivity index (χ2n) is 4.94. The number of ether oxygens (including phenoxy) is 1. The van der Waals surface area contributed by atoms with Crippen LogP contribution < -0.4 is 5.32 Å². The van der Waals surface area contributed by atoms with Crippen LogP contribution in [-0.2, 0) is 4.74 Å². The van der Waals surface area contributed by atoms with E-state index in [4.69, 9.17) is 9.15 Å². The molecule has 17 heavy (non-hydrogen) atoms.